The zero-order chi connectivity index (χ0) is 8.27. The summed E-state index contributed by atoms with van der Waals surface area (Å²) in [6.45, 7) is 4.40. The third kappa shape index (κ3) is 2.82. The molecule has 0 heterocycles. The Morgan fingerprint density at radius 2 is 1.92 bits per heavy atom. The summed E-state index contributed by atoms with van der Waals surface area (Å²) in [6.07, 6.45) is 1.16. The summed E-state index contributed by atoms with van der Waals surface area (Å²) in [6, 6.07) is 8.17. The van der Waals surface area contributed by atoms with Crippen molar-refractivity contribution in [2.24, 2.45) is 0 Å². The van der Waals surface area contributed by atoms with Gasteiger partial charge in [-0.3, -0.25) is 0 Å². The Labute approximate surface area is 92.3 Å². The quantitative estimate of drug-likeness (QED) is 0.451. The number of hydrogen-bond donors (Lipinski definition) is 0. The molecule has 0 aliphatic carbocycles. The molecule has 1 unspecified atom stereocenters. The van der Waals surface area contributed by atoms with Crippen molar-refractivity contribution in [2.75, 3.05) is 0 Å². The minimum atomic E-state index is 0. The molecular formula is C10H13LiS. The van der Waals surface area contributed by atoms with Gasteiger partial charge >= 0.3 is 18.9 Å². The molecule has 0 saturated carbocycles. The van der Waals surface area contributed by atoms with E-state index in [4.69, 9.17) is 12.6 Å². The van der Waals surface area contributed by atoms with Crippen LogP contribution < -0.4 is 18.9 Å². The zero-order valence-corrected chi connectivity index (χ0v) is 8.82. The summed E-state index contributed by atoms with van der Waals surface area (Å²) in [5.41, 5.74) is 1.31. The van der Waals surface area contributed by atoms with Crippen LogP contribution in [0.5, 0.6) is 0 Å². The van der Waals surface area contributed by atoms with Crippen LogP contribution in [-0.4, -0.2) is 0 Å². The van der Waals surface area contributed by atoms with Crippen LogP contribution in [0.2, 0.25) is 0 Å². The molecule has 2 heteroatoms. The van der Waals surface area contributed by atoms with Crippen molar-refractivity contribution in [3.8, 4) is 0 Å². The van der Waals surface area contributed by atoms with E-state index in [1.54, 1.807) is 0 Å². The maximum absolute atomic E-state index is 5.19. The molecule has 0 aliphatic rings. The summed E-state index contributed by atoms with van der Waals surface area (Å²) < 4.78 is 0. The van der Waals surface area contributed by atoms with Crippen LogP contribution in [0, 0.1) is 0 Å². The summed E-state index contributed by atoms with van der Waals surface area (Å²) in [4.78, 5) is 1.00. The van der Waals surface area contributed by atoms with E-state index in [0.717, 1.165) is 11.3 Å². The van der Waals surface area contributed by atoms with Gasteiger partial charge in [-0.2, -0.15) is 4.90 Å². The second-order valence-corrected chi connectivity index (χ2v) is 3.29. The van der Waals surface area contributed by atoms with Gasteiger partial charge in [0.1, 0.15) is 0 Å². The monoisotopic (exact) mass is 172 g/mol. The molecule has 0 saturated heterocycles. The van der Waals surface area contributed by atoms with Gasteiger partial charge in [0.2, 0.25) is 0 Å². The smallest absolute Gasteiger partial charge is 0.779 e. The third-order valence-electron chi connectivity index (χ3n) is 2.06. The number of benzene rings is 1. The molecule has 60 valence electrons. The first-order chi connectivity index (χ1) is 5.25. The van der Waals surface area contributed by atoms with Gasteiger partial charge in [-0.1, -0.05) is 43.7 Å². The van der Waals surface area contributed by atoms with Gasteiger partial charge < -0.3 is 12.6 Å². The van der Waals surface area contributed by atoms with Crippen LogP contribution >= 0.6 is 0 Å². The van der Waals surface area contributed by atoms with E-state index in [2.05, 4.69) is 26.0 Å². The van der Waals surface area contributed by atoms with E-state index in [0.29, 0.717) is 5.92 Å². The maximum atomic E-state index is 5.19. The Balaban J connectivity index is 0.00000121. The van der Waals surface area contributed by atoms with Crippen LogP contribution in [0.1, 0.15) is 31.7 Å². The van der Waals surface area contributed by atoms with E-state index < -0.39 is 0 Å². The minimum absolute atomic E-state index is 0. The van der Waals surface area contributed by atoms with E-state index in [-0.39, 0.29) is 18.9 Å². The fourth-order valence-corrected chi connectivity index (χ4v) is 1.46. The first-order valence-electron chi connectivity index (χ1n) is 4.01. The molecule has 0 nitrogen and oxygen atoms in total. The van der Waals surface area contributed by atoms with Crippen molar-refractivity contribution in [3.05, 3.63) is 29.8 Å². The van der Waals surface area contributed by atoms with E-state index in [1.165, 1.54) is 5.56 Å². The molecule has 0 N–H and O–H groups in total. The Morgan fingerprint density at radius 3 is 2.42 bits per heavy atom. The summed E-state index contributed by atoms with van der Waals surface area (Å²) in [5, 5.41) is 0. The molecule has 0 amide bonds. The molecule has 1 atom stereocenters. The van der Waals surface area contributed by atoms with Crippen molar-refractivity contribution < 1.29 is 18.9 Å². The van der Waals surface area contributed by atoms with Crippen molar-refractivity contribution in [2.45, 2.75) is 31.1 Å². The van der Waals surface area contributed by atoms with Crippen molar-refractivity contribution in [1.29, 1.82) is 0 Å². The average molecular weight is 172 g/mol. The fourth-order valence-electron chi connectivity index (χ4n) is 1.11. The van der Waals surface area contributed by atoms with Crippen LogP contribution in [0.4, 0.5) is 0 Å². The fraction of sp³-hybridized carbons (Fsp3) is 0.400. The summed E-state index contributed by atoms with van der Waals surface area (Å²) in [7, 11) is 0. The third-order valence-corrected chi connectivity index (χ3v) is 2.43. The first-order valence-corrected chi connectivity index (χ1v) is 4.42. The topological polar surface area (TPSA) is 0 Å². The molecular weight excluding hydrogens is 159 g/mol. The molecule has 0 aliphatic heterocycles. The first kappa shape index (κ1) is 12.0. The molecule has 1 aromatic rings. The summed E-state index contributed by atoms with van der Waals surface area (Å²) in [5.74, 6) is 0.601. The predicted octanol–water partition coefficient (Wildman–Crippen LogP) is 0.110. The molecule has 0 spiro atoms. The van der Waals surface area contributed by atoms with E-state index in [1.807, 2.05) is 12.1 Å². The van der Waals surface area contributed by atoms with Gasteiger partial charge in [-0.25, -0.2) is 0 Å². The van der Waals surface area contributed by atoms with Gasteiger partial charge in [-0.15, -0.1) is 0 Å². The minimum Gasteiger partial charge on any atom is -0.779 e. The van der Waals surface area contributed by atoms with Crippen molar-refractivity contribution in [1.82, 2.24) is 0 Å². The van der Waals surface area contributed by atoms with Gasteiger partial charge in [0.25, 0.3) is 0 Å². The molecule has 1 rings (SSSR count). The SMILES string of the molecule is CCC(C)c1ccccc1[S-].[Li+]. The van der Waals surface area contributed by atoms with Gasteiger partial charge in [0.05, 0.1) is 0 Å². The van der Waals surface area contributed by atoms with Gasteiger partial charge in [-0.05, 0) is 12.3 Å². The average Bonchev–Trinajstić information content (AvgIpc) is 2.04. The molecule has 0 radical (unpaired) electrons. The second kappa shape index (κ2) is 5.64. The van der Waals surface area contributed by atoms with Crippen molar-refractivity contribution in [3.63, 3.8) is 0 Å². The second-order valence-electron chi connectivity index (χ2n) is 2.85. The number of rotatable bonds is 2. The predicted molar refractivity (Wildman–Crippen MR) is 50.8 cm³/mol. The Kier molecular flexibility index (Phi) is 5.66. The molecule has 12 heavy (non-hydrogen) atoms. The molecule has 0 aromatic heterocycles. The van der Waals surface area contributed by atoms with Crippen LogP contribution in [0.3, 0.4) is 0 Å². The Hall–Kier alpha value is 0.0374. The zero-order valence-electron chi connectivity index (χ0n) is 8.00. The van der Waals surface area contributed by atoms with Gasteiger partial charge in [0, 0.05) is 0 Å². The van der Waals surface area contributed by atoms with Gasteiger partial charge in [0.15, 0.2) is 0 Å². The molecule has 1 aromatic carbocycles. The summed E-state index contributed by atoms with van der Waals surface area (Å²) >= 11 is 5.19. The maximum Gasteiger partial charge on any atom is 1.00 e. The normalized spacial score (nSPS) is 11.8. The Morgan fingerprint density at radius 1 is 1.33 bits per heavy atom. The van der Waals surface area contributed by atoms with E-state index >= 15 is 0 Å². The standard InChI is InChI=1S/C10H14S.Li/c1-3-8(2)9-6-4-5-7-10(9)11;/h4-8,11H,3H2,1-2H3;/q;+1/p-1. The molecule has 0 fully saturated rings. The van der Waals surface area contributed by atoms with Crippen molar-refractivity contribution >= 4 is 12.6 Å². The van der Waals surface area contributed by atoms with E-state index in [9.17, 15) is 0 Å². The van der Waals surface area contributed by atoms with Crippen LogP contribution in [0.15, 0.2) is 29.2 Å². The van der Waals surface area contributed by atoms with Crippen LogP contribution in [-0.2, 0) is 12.6 Å². The largest absolute Gasteiger partial charge is 1.00 e. The number of hydrogen-bond acceptors (Lipinski definition) is 1. The Bertz CT molecular complexity index is 235. The molecule has 0 bridgehead atoms. The van der Waals surface area contributed by atoms with Crippen LogP contribution in [0.25, 0.3) is 0 Å².